The molecule has 0 saturated carbocycles. The molecule has 0 saturated heterocycles. The van der Waals surface area contributed by atoms with Crippen molar-refractivity contribution >= 4 is 10.4 Å². The Bertz CT molecular complexity index is 345. The quantitative estimate of drug-likeness (QED) is 0.369. The third-order valence-corrected chi connectivity index (χ3v) is 4.61. The molecular formula is C17H37NO4S. The minimum absolute atomic E-state index is 0.179. The minimum Gasteiger partial charge on any atom is -0.309 e. The Morgan fingerprint density at radius 1 is 0.696 bits per heavy atom. The number of hydrogen-bond acceptors (Lipinski definition) is 5. The standard InChI is InChI=1S/C17H37NO4S/c1-4-5-6-7-8-9-10-11-12-13-16-21-23(19,20)22-17-14-15-18(2)3/h4-17H2,1-3H3. The lowest BCUT2D eigenvalue weighted by Crippen LogP contribution is -2.17. The van der Waals surface area contributed by atoms with Gasteiger partial charge < -0.3 is 4.90 Å². The average Bonchev–Trinajstić information content (AvgIpc) is 2.49. The Morgan fingerprint density at radius 3 is 1.61 bits per heavy atom. The first-order chi connectivity index (χ1) is 11.0. The summed E-state index contributed by atoms with van der Waals surface area (Å²) in [6, 6.07) is 0. The molecule has 0 rings (SSSR count). The van der Waals surface area contributed by atoms with E-state index in [1.807, 2.05) is 19.0 Å². The molecule has 0 aliphatic rings. The van der Waals surface area contributed by atoms with E-state index in [0.29, 0.717) is 6.42 Å². The SMILES string of the molecule is CCCCCCCCCCCCOS(=O)(=O)OCCCN(C)C. The van der Waals surface area contributed by atoms with Crippen LogP contribution < -0.4 is 0 Å². The van der Waals surface area contributed by atoms with Crippen molar-refractivity contribution in [3.05, 3.63) is 0 Å². The molecule has 5 nitrogen and oxygen atoms in total. The molecule has 0 unspecified atom stereocenters. The molecule has 0 atom stereocenters. The summed E-state index contributed by atoms with van der Waals surface area (Å²) >= 11 is 0. The van der Waals surface area contributed by atoms with Gasteiger partial charge in [0.1, 0.15) is 0 Å². The van der Waals surface area contributed by atoms with E-state index in [9.17, 15) is 8.42 Å². The molecule has 0 N–H and O–H groups in total. The maximum absolute atomic E-state index is 11.5. The Labute approximate surface area is 144 Å². The van der Waals surface area contributed by atoms with Crippen LogP contribution in [0.3, 0.4) is 0 Å². The van der Waals surface area contributed by atoms with Gasteiger partial charge in [0.05, 0.1) is 13.2 Å². The highest BCUT2D eigenvalue weighted by Gasteiger charge is 2.11. The molecule has 0 aromatic rings. The van der Waals surface area contributed by atoms with Crippen LogP contribution in [0.25, 0.3) is 0 Å². The minimum atomic E-state index is -3.81. The molecule has 0 aliphatic heterocycles. The first-order valence-corrected chi connectivity index (χ1v) is 10.5. The monoisotopic (exact) mass is 351 g/mol. The summed E-state index contributed by atoms with van der Waals surface area (Å²) < 4.78 is 32.6. The van der Waals surface area contributed by atoms with Gasteiger partial charge >= 0.3 is 10.4 Å². The highest BCUT2D eigenvalue weighted by atomic mass is 32.3. The molecule has 0 spiro atoms. The fraction of sp³-hybridized carbons (Fsp3) is 1.00. The van der Waals surface area contributed by atoms with E-state index in [-0.39, 0.29) is 13.2 Å². The van der Waals surface area contributed by atoms with E-state index in [4.69, 9.17) is 8.37 Å². The summed E-state index contributed by atoms with van der Waals surface area (Å²) in [6.07, 6.45) is 12.8. The van der Waals surface area contributed by atoms with Crippen LogP contribution in [-0.4, -0.2) is 47.2 Å². The van der Waals surface area contributed by atoms with E-state index in [2.05, 4.69) is 6.92 Å². The maximum Gasteiger partial charge on any atom is 0.399 e. The highest BCUT2D eigenvalue weighted by molar-refractivity contribution is 7.81. The predicted octanol–water partition coefficient (Wildman–Crippen LogP) is 4.14. The topological polar surface area (TPSA) is 55.8 Å². The van der Waals surface area contributed by atoms with Gasteiger partial charge in [-0.2, -0.15) is 8.42 Å². The van der Waals surface area contributed by atoms with Crippen molar-refractivity contribution in [1.82, 2.24) is 4.90 Å². The van der Waals surface area contributed by atoms with Gasteiger partial charge in [0.2, 0.25) is 0 Å². The zero-order valence-electron chi connectivity index (χ0n) is 15.4. The second kappa shape index (κ2) is 15.4. The number of hydrogen-bond donors (Lipinski definition) is 0. The summed E-state index contributed by atoms with van der Waals surface area (Å²) in [6.45, 7) is 3.44. The Hall–Kier alpha value is -0.170. The fourth-order valence-corrected chi connectivity index (χ4v) is 3.04. The van der Waals surface area contributed by atoms with Gasteiger partial charge in [0.15, 0.2) is 0 Å². The molecule has 23 heavy (non-hydrogen) atoms. The van der Waals surface area contributed by atoms with Crippen LogP contribution in [0.5, 0.6) is 0 Å². The van der Waals surface area contributed by atoms with Crippen molar-refractivity contribution < 1.29 is 16.8 Å². The van der Waals surface area contributed by atoms with E-state index >= 15 is 0 Å². The number of rotatable bonds is 17. The van der Waals surface area contributed by atoms with Gasteiger partial charge in [-0.15, -0.1) is 0 Å². The summed E-state index contributed by atoms with van der Waals surface area (Å²) in [5.74, 6) is 0. The molecule has 0 radical (unpaired) electrons. The molecule has 0 aromatic carbocycles. The second-order valence-electron chi connectivity index (χ2n) is 6.39. The van der Waals surface area contributed by atoms with Crippen molar-refractivity contribution in [2.75, 3.05) is 33.9 Å². The summed E-state index contributed by atoms with van der Waals surface area (Å²) in [7, 11) is 0.0731. The molecule has 0 aromatic heterocycles. The predicted molar refractivity (Wildman–Crippen MR) is 95.8 cm³/mol. The Kier molecular flexibility index (Phi) is 15.2. The zero-order chi connectivity index (χ0) is 17.4. The molecule has 0 bridgehead atoms. The maximum atomic E-state index is 11.5. The second-order valence-corrected chi connectivity index (χ2v) is 7.68. The van der Waals surface area contributed by atoms with Crippen LogP contribution in [-0.2, 0) is 18.8 Å². The normalized spacial score (nSPS) is 12.2. The Morgan fingerprint density at radius 2 is 1.13 bits per heavy atom. The Balaban J connectivity index is 3.35. The summed E-state index contributed by atoms with van der Waals surface area (Å²) in [4.78, 5) is 1.99. The average molecular weight is 352 g/mol. The van der Waals surface area contributed by atoms with Crippen molar-refractivity contribution in [1.29, 1.82) is 0 Å². The van der Waals surface area contributed by atoms with Crippen molar-refractivity contribution in [2.45, 2.75) is 77.6 Å². The third-order valence-electron chi connectivity index (χ3n) is 3.70. The van der Waals surface area contributed by atoms with Crippen molar-refractivity contribution in [3.8, 4) is 0 Å². The van der Waals surface area contributed by atoms with Gasteiger partial charge in [0, 0.05) is 0 Å². The van der Waals surface area contributed by atoms with Crippen molar-refractivity contribution in [2.24, 2.45) is 0 Å². The van der Waals surface area contributed by atoms with E-state index in [0.717, 1.165) is 25.8 Å². The van der Waals surface area contributed by atoms with E-state index in [1.165, 1.54) is 44.9 Å². The molecular weight excluding hydrogens is 314 g/mol. The lowest BCUT2D eigenvalue weighted by molar-refractivity contribution is 0.203. The van der Waals surface area contributed by atoms with Crippen LogP contribution in [0.4, 0.5) is 0 Å². The van der Waals surface area contributed by atoms with Gasteiger partial charge in [-0.3, -0.25) is 0 Å². The zero-order valence-corrected chi connectivity index (χ0v) is 16.2. The summed E-state index contributed by atoms with van der Waals surface area (Å²) in [5.41, 5.74) is 0. The van der Waals surface area contributed by atoms with Gasteiger partial charge in [0.25, 0.3) is 0 Å². The third kappa shape index (κ3) is 18.0. The first kappa shape index (κ1) is 22.8. The molecule has 0 fully saturated rings. The van der Waals surface area contributed by atoms with Crippen LogP contribution >= 0.6 is 0 Å². The molecule has 0 heterocycles. The van der Waals surface area contributed by atoms with Crippen LogP contribution in [0.2, 0.25) is 0 Å². The molecule has 0 aliphatic carbocycles. The van der Waals surface area contributed by atoms with Crippen LogP contribution in [0, 0.1) is 0 Å². The van der Waals surface area contributed by atoms with E-state index in [1.54, 1.807) is 0 Å². The fourth-order valence-electron chi connectivity index (χ4n) is 2.33. The lowest BCUT2D eigenvalue weighted by Gasteiger charge is -2.09. The number of unbranched alkanes of at least 4 members (excludes halogenated alkanes) is 9. The van der Waals surface area contributed by atoms with Gasteiger partial charge in [-0.05, 0) is 33.5 Å². The van der Waals surface area contributed by atoms with Gasteiger partial charge in [-0.1, -0.05) is 64.7 Å². The van der Waals surface area contributed by atoms with Crippen LogP contribution in [0.1, 0.15) is 77.6 Å². The molecule has 6 heteroatoms. The number of nitrogens with zero attached hydrogens (tertiary/aromatic N) is 1. The van der Waals surface area contributed by atoms with Crippen LogP contribution in [0.15, 0.2) is 0 Å². The highest BCUT2D eigenvalue weighted by Crippen LogP contribution is 2.11. The first-order valence-electron chi connectivity index (χ1n) is 9.16. The molecule has 140 valence electrons. The summed E-state index contributed by atoms with van der Waals surface area (Å²) in [5, 5.41) is 0. The van der Waals surface area contributed by atoms with Crippen molar-refractivity contribution in [3.63, 3.8) is 0 Å². The lowest BCUT2D eigenvalue weighted by atomic mass is 10.1. The smallest absolute Gasteiger partial charge is 0.309 e. The van der Waals surface area contributed by atoms with Gasteiger partial charge in [-0.25, -0.2) is 8.37 Å². The largest absolute Gasteiger partial charge is 0.399 e. The van der Waals surface area contributed by atoms with E-state index < -0.39 is 10.4 Å². The molecule has 0 amide bonds.